The second-order valence-electron chi connectivity index (χ2n) is 5.87. The molecule has 0 spiro atoms. The molecule has 0 radical (unpaired) electrons. The molecule has 28 heavy (non-hydrogen) atoms. The van der Waals surface area contributed by atoms with Crippen LogP contribution in [0.3, 0.4) is 0 Å². The van der Waals surface area contributed by atoms with Crippen molar-refractivity contribution in [2.75, 3.05) is 14.2 Å². The van der Waals surface area contributed by atoms with Crippen LogP contribution in [0.4, 0.5) is 13.2 Å². The molecule has 0 fully saturated rings. The molecule has 3 heterocycles. The molecule has 4 rings (SSSR count). The first-order chi connectivity index (χ1) is 13.4. The fourth-order valence-corrected chi connectivity index (χ4v) is 2.86. The molecule has 9 heteroatoms. The molecule has 0 saturated carbocycles. The predicted molar refractivity (Wildman–Crippen MR) is 94.2 cm³/mol. The van der Waals surface area contributed by atoms with Gasteiger partial charge >= 0.3 is 6.18 Å². The Kier molecular flexibility index (Phi) is 4.21. The first-order valence-corrected chi connectivity index (χ1v) is 8.15. The standard InChI is InChI=1S/C19H14F3N3O3/c1-26-15-6-5-11(8-16(15)27-2)12-9-17(19(20,21)22)25-18(23-12)10-13(24-25)14-4-3-7-28-14/h3-10H,1-2H3. The van der Waals surface area contributed by atoms with Gasteiger partial charge in [-0.15, -0.1) is 0 Å². The van der Waals surface area contributed by atoms with Crippen molar-refractivity contribution in [2.45, 2.75) is 6.18 Å². The van der Waals surface area contributed by atoms with Gasteiger partial charge in [0.15, 0.2) is 28.6 Å². The van der Waals surface area contributed by atoms with E-state index in [1.165, 1.54) is 26.5 Å². The highest BCUT2D eigenvalue weighted by atomic mass is 19.4. The van der Waals surface area contributed by atoms with Gasteiger partial charge in [-0.05, 0) is 36.4 Å². The number of ether oxygens (including phenoxy) is 2. The maximum Gasteiger partial charge on any atom is 0.433 e. The van der Waals surface area contributed by atoms with E-state index in [4.69, 9.17) is 13.9 Å². The third kappa shape index (κ3) is 3.04. The van der Waals surface area contributed by atoms with Crippen molar-refractivity contribution in [2.24, 2.45) is 0 Å². The lowest BCUT2D eigenvalue weighted by Crippen LogP contribution is -2.13. The molecule has 0 unspecified atom stereocenters. The highest BCUT2D eigenvalue weighted by molar-refractivity contribution is 5.68. The van der Waals surface area contributed by atoms with Gasteiger partial charge in [0.2, 0.25) is 0 Å². The number of methoxy groups -OCH3 is 2. The lowest BCUT2D eigenvalue weighted by atomic mass is 10.1. The highest BCUT2D eigenvalue weighted by Crippen LogP contribution is 2.36. The Morgan fingerprint density at radius 3 is 2.39 bits per heavy atom. The van der Waals surface area contributed by atoms with Gasteiger partial charge in [-0.25, -0.2) is 9.50 Å². The fourth-order valence-electron chi connectivity index (χ4n) is 2.86. The number of fused-ring (bicyclic) bond motifs is 1. The monoisotopic (exact) mass is 389 g/mol. The van der Waals surface area contributed by atoms with Crippen molar-refractivity contribution < 1.29 is 27.1 Å². The van der Waals surface area contributed by atoms with Crippen molar-refractivity contribution in [3.05, 3.63) is 54.4 Å². The minimum Gasteiger partial charge on any atom is -0.493 e. The van der Waals surface area contributed by atoms with Crippen LogP contribution >= 0.6 is 0 Å². The van der Waals surface area contributed by atoms with Crippen LogP contribution in [0.15, 0.2) is 53.1 Å². The summed E-state index contributed by atoms with van der Waals surface area (Å²) in [5.41, 5.74) is -0.0587. The van der Waals surface area contributed by atoms with Gasteiger partial charge in [-0.3, -0.25) is 0 Å². The van der Waals surface area contributed by atoms with Gasteiger partial charge in [0, 0.05) is 11.6 Å². The molecule has 0 aliphatic carbocycles. The Morgan fingerprint density at radius 2 is 1.75 bits per heavy atom. The summed E-state index contributed by atoms with van der Waals surface area (Å²) in [7, 11) is 2.93. The van der Waals surface area contributed by atoms with E-state index in [1.54, 1.807) is 30.3 Å². The smallest absolute Gasteiger partial charge is 0.433 e. The zero-order valence-corrected chi connectivity index (χ0v) is 14.8. The summed E-state index contributed by atoms with van der Waals surface area (Å²) < 4.78 is 57.4. The average Bonchev–Trinajstić information content (AvgIpc) is 3.34. The summed E-state index contributed by atoms with van der Waals surface area (Å²) in [5, 5.41) is 4.01. The minimum atomic E-state index is -4.63. The first-order valence-electron chi connectivity index (χ1n) is 8.15. The number of nitrogens with zero attached hydrogens (tertiary/aromatic N) is 3. The molecular weight excluding hydrogens is 375 g/mol. The van der Waals surface area contributed by atoms with E-state index in [-0.39, 0.29) is 17.0 Å². The summed E-state index contributed by atoms with van der Waals surface area (Å²) in [4.78, 5) is 4.34. The van der Waals surface area contributed by atoms with Gasteiger partial charge in [-0.1, -0.05) is 0 Å². The maximum atomic E-state index is 13.7. The second kappa shape index (κ2) is 6.59. The number of benzene rings is 1. The summed E-state index contributed by atoms with van der Waals surface area (Å²) >= 11 is 0. The predicted octanol–water partition coefficient (Wildman–Crippen LogP) is 4.69. The normalized spacial score (nSPS) is 11.8. The third-order valence-electron chi connectivity index (χ3n) is 4.17. The zero-order chi connectivity index (χ0) is 19.9. The Balaban J connectivity index is 1.93. The minimum absolute atomic E-state index is 0.0472. The molecule has 144 valence electrons. The van der Waals surface area contributed by atoms with Gasteiger partial charge < -0.3 is 13.9 Å². The number of hydrogen-bond acceptors (Lipinski definition) is 5. The molecule has 1 aromatic carbocycles. The Morgan fingerprint density at radius 1 is 0.964 bits per heavy atom. The van der Waals surface area contributed by atoms with Crippen molar-refractivity contribution in [1.82, 2.24) is 14.6 Å². The van der Waals surface area contributed by atoms with Gasteiger partial charge in [0.25, 0.3) is 0 Å². The van der Waals surface area contributed by atoms with Gasteiger partial charge in [0.05, 0.1) is 26.2 Å². The Labute approximate surface area is 157 Å². The molecule has 0 aliphatic heterocycles. The number of rotatable bonds is 4. The topological polar surface area (TPSA) is 61.8 Å². The SMILES string of the molecule is COc1ccc(-c2cc(C(F)(F)F)n3nc(-c4ccco4)cc3n2)cc1OC. The highest BCUT2D eigenvalue weighted by Gasteiger charge is 2.35. The average molecular weight is 389 g/mol. The molecule has 0 amide bonds. The number of halogens is 3. The quantitative estimate of drug-likeness (QED) is 0.507. The molecule has 0 saturated heterocycles. The molecule has 0 bridgehead atoms. The van der Waals surface area contributed by atoms with Crippen molar-refractivity contribution in [1.29, 1.82) is 0 Å². The van der Waals surface area contributed by atoms with E-state index in [1.807, 2.05) is 0 Å². The molecule has 6 nitrogen and oxygen atoms in total. The van der Waals surface area contributed by atoms with E-state index in [2.05, 4.69) is 10.1 Å². The fraction of sp³-hybridized carbons (Fsp3) is 0.158. The molecule has 0 aliphatic rings. The van der Waals surface area contributed by atoms with Gasteiger partial charge in [0.1, 0.15) is 5.69 Å². The lowest BCUT2D eigenvalue weighted by molar-refractivity contribution is -0.142. The van der Waals surface area contributed by atoms with Crippen molar-refractivity contribution in [3.63, 3.8) is 0 Å². The number of alkyl halides is 3. The van der Waals surface area contributed by atoms with Crippen molar-refractivity contribution in [3.8, 4) is 34.2 Å². The number of hydrogen-bond donors (Lipinski definition) is 0. The van der Waals surface area contributed by atoms with Crippen LogP contribution in [-0.2, 0) is 6.18 Å². The molecular formula is C19H14F3N3O3. The van der Waals surface area contributed by atoms with E-state index >= 15 is 0 Å². The van der Waals surface area contributed by atoms with E-state index in [0.717, 1.165) is 10.6 Å². The van der Waals surface area contributed by atoms with Crippen molar-refractivity contribution >= 4 is 5.65 Å². The first kappa shape index (κ1) is 17.9. The van der Waals surface area contributed by atoms with Crippen LogP contribution in [0, 0.1) is 0 Å². The Bertz CT molecular complexity index is 1130. The second-order valence-corrected chi connectivity index (χ2v) is 5.87. The van der Waals surface area contributed by atoms with E-state index < -0.39 is 11.9 Å². The zero-order valence-electron chi connectivity index (χ0n) is 14.8. The van der Waals surface area contributed by atoms with E-state index in [9.17, 15) is 13.2 Å². The van der Waals surface area contributed by atoms with Crippen LogP contribution in [0.25, 0.3) is 28.4 Å². The van der Waals surface area contributed by atoms with Crippen LogP contribution in [-0.4, -0.2) is 28.8 Å². The molecule has 3 aromatic heterocycles. The van der Waals surface area contributed by atoms with Crippen LogP contribution in [0.5, 0.6) is 11.5 Å². The van der Waals surface area contributed by atoms with Crippen LogP contribution in [0.1, 0.15) is 5.69 Å². The van der Waals surface area contributed by atoms with E-state index in [0.29, 0.717) is 22.8 Å². The van der Waals surface area contributed by atoms with Crippen LogP contribution < -0.4 is 9.47 Å². The third-order valence-corrected chi connectivity index (χ3v) is 4.17. The summed E-state index contributed by atoms with van der Waals surface area (Å²) in [6.45, 7) is 0. The molecule has 0 atom stereocenters. The molecule has 0 N–H and O–H groups in total. The van der Waals surface area contributed by atoms with Gasteiger partial charge in [-0.2, -0.15) is 18.3 Å². The lowest BCUT2D eigenvalue weighted by Gasteiger charge is -2.12. The maximum absolute atomic E-state index is 13.7. The largest absolute Gasteiger partial charge is 0.493 e. The molecule has 4 aromatic rings. The number of furan rings is 1. The summed E-state index contributed by atoms with van der Waals surface area (Å²) in [5.74, 6) is 1.21. The number of aromatic nitrogens is 3. The Hall–Kier alpha value is -3.49. The summed E-state index contributed by atoms with van der Waals surface area (Å²) in [6, 6.07) is 10.4. The summed E-state index contributed by atoms with van der Waals surface area (Å²) in [6.07, 6.45) is -3.20. The van der Waals surface area contributed by atoms with Crippen LogP contribution in [0.2, 0.25) is 0 Å².